The first-order valence-electron chi connectivity index (χ1n) is 3.57. The minimum absolute atomic E-state index is 0.0369. The maximum Gasteiger partial charge on any atom is 0.309 e. The van der Waals surface area contributed by atoms with E-state index in [0.29, 0.717) is 12.5 Å². The molecular weight excluding hydrogens is 144 g/mol. The van der Waals surface area contributed by atoms with Gasteiger partial charge in [-0.2, -0.15) is 0 Å². The van der Waals surface area contributed by atoms with Crippen LogP contribution in [0.1, 0.15) is 13.3 Å². The van der Waals surface area contributed by atoms with Crippen molar-refractivity contribution < 1.29 is 9.53 Å². The number of cyclic esters (lactones) is 1. The van der Waals surface area contributed by atoms with Gasteiger partial charge in [-0.05, 0) is 6.42 Å². The summed E-state index contributed by atoms with van der Waals surface area (Å²) >= 11 is 0. The van der Waals surface area contributed by atoms with Crippen LogP contribution in [0.3, 0.4) is 0 Å². The molecule has 0 aromatic heterocycles. The number of esters is 1. The fourth-order valence-corrected chi connectivity index (χ4v) is 1.55. The molecule has 1 aliphatic rings. The van der Waals surface area contributed by atoms with Gasteiger partial charge < -0.3 is 4.74 Å². The second kappa shape index (κ2) is 3.19. The Hall–Kier alpha value is -0.313. The molecule has 1 fully saturated rings. The SMILES string of the molecule is CC1C(=O)OCC1CC[Si]. The van der Waals surface area contributed by atoms with Gasteiger partial charge in [0.15, 0.2) is 0 Å². The molecule has 0 saturated carbocycles. The summed E-state index contributed by atoms with van der Waals surface area (Å²) in [4.78, 5) is 10.8. The molecule has 0 aromatic carbocycles. The molecule has 0 aliphatic carbocycles. The van der Waals surface area contributed by atoms with Crippen molar-refractivity contribution in [2.75, 3.05) is 6.61 Å². The Morgan fingerprint density at radius 3 is 2.90 bits per heavy atom. The highest BCUT2D eigenvalue weighted by Crippen LogP contribution is 2.25. The average Bonchev–Trinajstić information content (AvgIpc) is 2.20. The number of carbonyl (C=O) groups is 1. The van der Waals surface area contributed by atoms with Crippen molar-refractivity contribution in [3.63, 3.8) is 0 Å². The van der Waals surface area contributed by atoms with Crippen molar-refractivity contribution in [1.82, 2.24) is 0 Å². The first-order chi connectivity index (χ1) is 4.75. The number of hydrogen-bond acceptors (Lipinski definition) is 2. The Labute approximate surface area is 64.4 Å². The predicted octanol–water partition coefficient (Wildman–Crippen LogP) is 0.772. The predicted molar refractivity (Wildman–Crippen MR) is 38.8 cm³/mol. The van der Waals surface area contributed by atoms with Gasteiger partial charge in [0.2, 0.25) is 0 Å². The van der Waals surface area contributed by atoms with Gasteiger partial charge in [-0.3, -0.25) is 4.79 Å². The summed E-state index contributed by atoms with van der Waals surface area (Å²) in [5, 5.41) is 0. The van der Waals surface area contributed by atoms with Crippen molar-refractivity contribution in [1.29, 1.82) is 0 Å². The van der Waals surface area contributed by atoms with Crippen molar-refractivity contribution in [3.05, 3.63) is 0 Å². The largest absolute Gasteiger partial charge is 0.465 e. The summed E-state index contributed by atoms with van der Waals surface area (Å²) < 4.78 is 4.87. The summed E-state index contributed by atoms with van der Waals surface area (Å²) in [6.45, 7) is 2.55. The lowest BCUT2D eigenvalue weighted by Crippen LogP contribution is -2.11. The van der Waals surface area contributed by atoms with Crippen LogP contribution in [0.4, 0.5) is 0 Å². The summed E-state index contributed by atoms with van der Waals surface area (Å²) in [6.07, 6.45) is 1.03. The molecule has 55 valence electrons. The molecule has 3 radical (unpaired) electrons. The molecule has 0 N–H and O–H groups in total. The normalized spacial score (nSPS) is 32.4. The molecule has 2 atom stereocenters. The average molecular weight is 155 g/mol. The van der Waals surface area contributed by atoms with Gasteiger partial charge in [0.1, 0.15) is 0 Å². The maximum atomic E-state index is 10.8. The van der Waals surface area contributed by atoms with E-state index < -0.39 is 0 Å². The van der Waals surface area contributed by atoms with E-state index in [-0.39, 0.29) is 11.9 Å². The molecule has 0 amide bonds. The van der Waals surface area contributed by atoms with Gasteiger partial charge in [0.05, 0.1) is 12.5 Å². The Balaban J connectivity index is 2.41. The molecule has 2 nitrogen and oxygen atoms in total. The van der Waals surface area contributed by atoms with Gasteiger partial charge in [0.25, 0.3) is 0 Å². The quantitative estimate of drug-likeness (QED) is 0.435. The fraction of sp³-hybridized carbons (Fsp3) is 0.857. The van der Waals surface area contributed by atoms with E-state index >= 15 is 0 Å². The Morgan fingerprint density at radius 2 is 2.50 bits per heavy atom. The molecule has 2 unspecified atom stereocenters. The van der Waals surface area contributed by atoms with Crippen molar-refractivity contribution in [2.45, 2.75) is 19.4 Å². The molecule has 10 heavy (non-hydrogen) atoms. The molecule has 1 aliphatic heterocycles. The van der Waals surface area contributed by atoms with E-state index in [1.807, 2.05) is 6.92 Å². The van der Waals surface area contributed by atoms with E-state index in [1.165, 1.54) is 0 Å². The summed E-state index contributed by atoms with van der Waals surface area (Å²) in [5.41, 5.74) is 0. The van der Waals surface area contributed by atoms with Crippen LogP contribution in [0, 0.1) is 11.8 Å². The third-order valence-electron chi connectivity index (χ3n) is 2.03. The molecule has 3 heteroatoms. The number of rotatable bonds is 2. The lowest BCUT2D eigenvalue weighted by molar-refractivity contribution is -0.140. The Morgan fingerprint density at radius 1 is 1.80 bits per heavy atom. The first-order valence-corrected chi connectivity index (χ1v) is 4.27. The monoisotopic (exact) mass is 155 g/mol. The third-order valence-corrected chi connectivity index (χ3v) is 2.32. The Kier molecular flexibility index (Phi) is 2.48. The van der Waals surface area contributed by atoms with Gasteiger partial charge in [-0.25, -0.2) is 0 Å². The van der Waals surface area contributed by atoms with Crippen LogP contribution < -0.4 is 0 Å². The second-order valence-electron chi connectivity index (χ2n) is 2.72. The smallest absolute Gasteiger partial charge is 0.309 e. The van der Waals surface area contributed by atoms with Crippen molar-refractivity contribution in [2.24, 2.45) is 11.8 Å². The van der Waals surface area contributed by atoms with Gasteiger partial charge in [-0.1, -0.05) is 13.0 Å². The first kappa shape index (κ1) is 7.79. The lowest BCUT2D eigenvalue weighted by atomic mass is 9.95. The zero-order valence-corrected chi connectivity index (χ0v) is 7.09. The topological polar surface area (TPSA) is 26.3 Å². The maximum absolute atomic E-state index is 10.8. The van der Waals surface area contributed by atoms with Crippen LogP contribution in [-0.4, -0.2) is 22.8 Å². The molecule has 1 heterocycles. The molecular formula is C7H11O2Si. The highest BCUT2D eigenvalue weighted by Gasteiger charge is 2.31. The minimum atomic E-state index is -0.0369. The lowest BCUT2D eigenvalue weighted by Gasteiger charge is -2.06. The van der Waals surface area contributed by atoms with Crippen LogP contribution in [0.5, 0.6) is 0 Å². The molecule has 0 aromatic rings. The minimum Gasteiger partial charge on any atom is -0.465 e. The van der Waals surface area contributed by atoms with E-state index in [1.54, 1.807) is 0 Å². The number of ether oxygens (including phenoxy) is 1. The Bertz CT molecular complexity index is 136. The van der Waals surface area contributed by atoms with E-state index in [9.17, 15) is 4.79 Å². The highest BCUT2D eigenvalue weighted by atomic mass is 28.1. The molecule has 0 spiro atoms. The van der Waals surface area contributed by atoms with Gasteiger partial charge in [-0.15, -0.1) is 0 Å². The van der Waals surface area contributed by atoms with E-state index in [2.05, 4.69) is 10.2 Å². The summed E-state index contributed by atoms with van der Waals surface area (Å²) in [7, 11) is 3.38. The van der Waals surface area contributed by atoms with Crippen molar-refractivity contribution >= 4 is 16.2 Å². The second-order valence-corrected chi connectivity index (χ2v) is 3.22. The third kappa shape index (κ3) is 1.40. The summed E-state index contributed by atoms with van der Waals surface area (Å²) in [5.74, 6) is 0.506. The van der Waals surface area contributed by atoms with Gasteiger partial charge >= 0.3 is 5.97 Å². The van der Waals surface area contributed by atoms with Gasteiger partial charge in [0, 0.05) is 16.2 Å². The molecule has 0 bridgehead atoms. The van der Waals surface area contributed by atoms with E-state index in [4.69, 9.17) is 4.74 Å². The molecule has 1 saturated heterocycles. The number of carbonyl (C=O) groups excluding carboxylic acids is 1. The zero-order valence-electron chi connectivity index (χ0n) is 6.09. The zero-order chi connectivity index (χ0) is 7.56. The number of hydrogen-bond donors (Lipinski definition) is 0. The van der Waals surface area contributed by atoms with Crippen LogP contribution in [0.2, 0.25) is 6.04 Å². The standard InChI is InChI=1S/C7H11O2Si/c1-5-6(2-3-10)4-9-7(5)8/h5-6H,2-4H2,1H3. The highest BCUT2D eigenvalue weighted by molar-refractivity contribution is 6.08. The van der Waals surface area contributed by atoms with Crippen LogP contribution in [0.25, 0.3) is 0 Å². The van der Waals surface area contributed by atoms with E-state index in [0.717, 1.165) is 12.5 Å². The fourth-order valence-electron chi connectivity index (χ4n) is 1.18. The van der Waals surface area contributed by atoms with Crippen molar-refractivity contribution in [3.8, 4) is 0 Å². The van der Waals surface area contributed by atoms with Crippen LogP contribution in [0.15, 0.2) is 0 Å². The van der Waals surface area contributed by atoms with Crippen LogP contribution in [-0.2, 0) is 9.53 Å². The summed E-state index contributed by atoms with van der Waals surface area (Å²) in [6, 6.07) is 0.950. The molecule has 1 rings (SSSR count). The van der Waals surface area contributed by atoms with Crippen LogP contribution >= 0.6 is 0 Å².